The number of benzene rings is 1. The lowest BCUT2D eigenvalue weighted by Crippen LogP contribution is -2.56. The molecule has 2 rings (SSSR count). The monoisotopic (exact) mass is 432 g/mol. The molecular weight excluding hydrogens is 408 g/mol. The van der Waals surface area contributed by atoms with Gasteiger partial charge in [0.25, 0.3) is 0 Å². The molecule has 0 radical (unpaired) electrons. The first-order valence-corrected chi connectivity index (χ1v) is 10.6. The first-order chi connectivity index (χ1) is 11.5. The van der Waals surface area contributed by atoms with Crippen LogP contribution in [-0.4, -0.2) is 55.0 Å². The molecule has 1 fully saturated rings. The third-order valence-corrected chi connectivity index (χ3v) is 6.22. The van der Waals surface area contributed by atoms with Crippen LogP contribution in [-0.2, 0) is 20.5 Å². The van der Waals surface area contributed by atoms with Crippen LogP contribution in [0.3, 0.4) is 0 Å². The molecule has 8 heteroatoms. The number of amides is 1. The Morgan fingerprint density at radius 3 is 2.36 bits per heavy atom. The summed E-state index contributed by atoms with van der Waals surface area (Å²) in [4.78, 5) is 13.8. The molecule has 140 valence electrons. The van der Waals surface area contributed by atoms with Crippen molar-refractivity contribution >= 4 is 32.0 Å². The van der Waals surface area contributed by atoms with Gasteiger partial charge in [-0.25, -0.2) is 13.2 Å². The lowest BCUT2D eigenvalue weighted by atomic mass is 10.2. The highest BCUT2D eigenvalue weighted by atomic mass is 79.9. The minimum absolute atomic E-state index is 0.0422. The zero-order valence-electron chi connectivity index (χ0n) is 15.0. The van der Waals surface area contributed by atoms with Gasteiger partial charge in [0.15, 0.2) is 0 Å². The predicted molar refractivity (Wildman–Crippen MR) is 101 cm³/mol. The zero-order valence-corrected chi connectivity index (χ0v) is 17.4. The average molecular weight is 433 g/mol. The molecule has 25 heavy (non-hydrogen) atoms. The molecular formula is C17H25BrN2O4S. The number of hydrogen-bond donors (Lipinski definition) is 0. The fraction of sp³-hybridized carbons (Fsp3) is 0.588. The van der Waals surface area contributed by atoms with E-state index in [0.717, 1.165) is 10.0 Å². The van der Waals surface area contributed by atoms with Crippen molar-refractivity contribution in [3.8, 4) is 0 Å². The number of piperazine rings is 1. The Morgan fingerprint density at radius 1 is 1.24 bits per heavy atom. The Bertz CT molecular complexity index is 713. The van der Waals surface area contributed by atoms with Crippen LogP contribution in [0.2, 0.25) is 0 Å². The van der Waals surface area contributed by atoms with Gasteiger partial charge in [-0.15, -0.1) is 0 Å². The summed E-state index contributed by atoms with van der Waals surface area (Å²) in [5.74, 6) is -0.0422. The van der Waals surface area contributed by atoms with Gasteiger partial charge >= 0.3 is 6.09 Å². The van der Waals surface area contributed by atoms with Gasteiger partial charge in [-0.05, 0) is 45.4 Å². The molecule has 0 spiro atoms. The van der Waals surface area contributed by atoms with Gasteiger partial charge in [0.05, 0.1) is 5.75 Å². The molecule has 6 nitrogen and oxygen atoms in total. The van der Waals surface area contributed by atoms with Gasteiger partial charge in [0.1, 0.15) is 5.60 Å². The van der Waals surface area contributed by atoms with Crippen molar-refractivity contribution in [3.05, 3.63) is 34.3 Å². The Labute approximate surface area is 158 Å². The van der Waals surface area contributed by atoms with Crippen LogP contribution in [0, 0.1) is 0 Å². The summed E-state index contributed by atoms with van der Waals surface area (Å²) < 4.78 is 33.1. The van der Waals surface area contributed by atoms with Crippen molar-refractivity contribution in [3.63, 3.8) is 0 Å². The molecule has 0 aliphatic carbocycles. The van der Waals surface area contributed by atoms with E-state index in [-0.39, 0.29) is 24.9 Å². The van der Waals surface area contributed by atoms with E-state index >= 15 is 0 Å². The molecule has 0 unspecified atom stereocenters. The maximum Gasteiger partial charge on any atom is 0.410 e. The molecule has 1 aromatic carbocycles. The fourth-order valence-corrected chi connectivity index (χ4v) is 4.51. The largest absolute Gasteiger partial charge is 0.444 e. The van der Waals surface area contributed by atoms with Crippen molar-refractivity contribution in [2.45, 2.75) is 45.1 Å². The maximum absolute atomic E-state index is 12.7. The van der Waals surface area contributed by atoms with Crippen LogP contribution in [0.15, 0.2) is 28.7 Å². The Morgan fingerprint density at radius 2 is 1.84 bits per heavy atom. The van der Waals surface area contributed by atoms with Crippen molar-refractivity contribution in [2.24, 2.45) is 0 Å². The number of rotatable bonds is 3. The third kappa shape index (κ3) is 5.69. The Balaban J connectivity index is 2.01. The van der Waals surface area contributed by atoms with E-state index in [2.05, 4.69) is 15.9 Å². The molecule has 0 bridgehead atoms. The van der Waals surface area contributed by atoms with Gasteiger partial charge in [0, 0.05) is 30.1 Å². The van der Waals surface area contributed by atoms with E-state index in [4.69, 9.17) is 4.74 Å². The highest BCUT2D eigenvalue weighted by molar-refractivity contribution is 9.10. The SMILES string of the molecule is C[C@@H]1CN(S(=O)(=O)Cc2ccc(Br)cc2)CCN1C(=O)OC(C)(C)C. The van der Waals surface area contributed by atoms with Gasteiger partial charge in [-0.2, -0.15) is 4.31 Å². The Hall–Kier alpha value is -1.12. The van der Waals surface area contributed by atoms with Gasteiger partial charge in [-0.1, -0.05) is 28.1 Å². The van der Waals surface area contributed by atoms with Crippen molar-refractivity contribution in [1.82, 2.24) is 9.21 Å². The molecule has 1 aromatic rings. The topological polar surface area (TPSA) is 66.9 Å². The summed E-state index contributed by atoms with van der Waals surface area (Å²) in [5, 5.41) is 0. The highest BCUT2D eigenvalue weighted by Gasteiger charge is 2.35. The molecule has 1 amide bonds. The van der Waals surface area contributed by atoms with E-state index in [9.17, 15) is 13.2 Å². The van der Waals surface area contributed by atoms with Gasteiger partial charge in [0.2, 0.25) is 10.0 Å². The third-order valence-electron chi connectivity index (χ3n) is 3.87. The number of ether oxygens (including phenoxy) is 1. The van der Waals surface area contributed by atoms with Crippen LogP contribution < -0.4 is 0 Å². The molecule has 0 saturated carbocycles. The number of carbonyl (C=O) groups is 1. The fourth-order valence-electron chi connectivity index (χ4n) is 2.65. The minimum atomic E-state index is -3.43. The normalized spacial score (nSPS) is 19.7. The molecule has 1 atom stereocenters. The van der Waals surface area contributed by atoms with Crippen LogP contribution in [0.4, 0.5) is 4.79 Å². The number of hydrogen-bond acceptors (Lipinski definition) is 4. The molecule has 1 aliphatic heterocycles. The minimum Gasteiger partial charge on any atom is -0.444 e. The van der Waals surface area contributed by atoms with E-state index in [1.54, 1.807) is 17.0 Å². The number of halogens is 1. The second kappa shape index (κ2) is 7.63. The van der Waals surface area contributed by atoms with Crippen molar-refractivity contribution in [1.29, 1.82) is 0 Å². The molecule has 1 aliphatic rings. The van der Waals surface area contributed by atoms with Crippen LogP contribution in [0.1, 0.15) is 33.3 Å². The first kappa shape index (κ1) is 20.2. The zero-order chi connectivity index (χ0) is 18.8. The lowest BCUT2D eigenvalue weighted by molar-refractivity contribution is 0.00857. The summed E-state index contributed by atoms with van der Waals surface area (Å²) in [5.41, 5.74) is 0.173. The van der Waals surface area contributed by atoms with Crippen LogP contribution >= 0.6 is 15.9 Å². The van der Waals surface area contributed by atoms with Crippen molar-refractivity contribution in [2.75, 3.05) is 19.6 Å². The first-order valence-electron chi connectivity index (χ1n) is 8.20. The van der Waals surface area contributed by atoms with Crippen LogP contribution in [0.25, 0.3) is 0 Å². The standard InChI is InChI=1S/C17H25BrN2O4S/c1-13-11-19(9-10-20(13)16(21)24-17(2,3)4)25(22,23)12-14-5-7-15(18)8-6-14/h5-8,13H,9-12H2,1-4H3/t13-/m1/s1. The van der Waals surface area contributed by atoms with Crippen molar-refractivity contribution < 1.29 is 17.9 Å². The summed E-state index contributed by atoms with van der Waals surface area (Å²) in [6, 6.07) is 7.01. The Kier molecular flexibility index (Phi) is 6.17. The lowest BCUT2D eigenvalue weighted by Gasteiger charge is -2.39. The number of sulfonamides is 1. The van der Waals surface area contributed by atoms with E-state index in [1.165, 1.54) is 4.31 Å². The second-order valence-electron chi connectivity index (χ2n) is 7.26. The van der Waals surface area contributed by atoms with Crippen LogP contribution in [0.5, 0.6) is 0 Å². The van der Waals surface area contributed by atoms with Gasteiger partial charge in [-0.3, -0.25) is 0 Å². The maximum atomic E-state index is 12.7. The molecule has 0 N–H and O–H groups in total. The average Bonchev–Trinajstić information content (AvgIpc) is 2.47. The molecule has 1 heterocycles. The number of carbonyl (C=O) groups excluding carboxylic acids is 1. The smallest absolute Gasteiger partial charge is 0.410 e. The number of nitrogens with zero attached hydrogens (tertiary/aromatic N) is 2. The summed E-state index contributed by atoms with van der Waals surface area (Å²) in [6.45, 7) is 8.17. The summed E-state index contributed by atoms with van der Waals surface area (Å²) in [7, 11) is -3.43. The summed E-state index contributed by atoms with van der Waals surface area (Å²) in [6.07, 6.45) is -0.398. The molecule has 1 saturated heterocycles. The van der Waals surface area contributed by atoms with E-state index in [1.807, 2.05) is 39.8 Å². The van der Waals surface area contributed by atoms with E-state index in [0.29, 0.717) is 6.54 Å². The van der Waals surface area contributed by atoms with E-state index < -0.39 is 21.7 Å². The second-order valence-corrected chi connectivity index (χ2v) is 10.1. The van der Waals surface area contributed by atoms with Gasteiger partial charge < -0.3 is 9.64 Å². The predicted octanol–water partition coefficient (Wildman–Crippen LogP) is 3.22. The highest BCUT2D eigenvalue weighted by Crippen LogP contribution is 2.20. The quantitative estimate of drug-likeness (QED) is 0.734. The molecule has 0 aromatic heterocycles. The summed E-state index contributed by atoms with van der Waals surface area (Å²) >= 11 is 3.34.